The first kappa shape index (κ1) is 20.4. The lowest BCUT2D eigenvalue weighted by atomic mass is 9.99. The molecule has 0 bridgehead atoms. The van der Waals surface area contributed by atoms with E-state index < -0.39 is 0 Å². The Labute approximate surface area is 188 Å². The van der Waals surface area contributed by atoms with Gasteiger partial charge in [-0.1, -0.05) is 77.6 Å². The van der Waals surface area contributed by atoms with E-state index in [1.807, 2.05) is 4.90 Å². The minimum absolute atomic E-state index is 0.00162. The third kappa shape index (κ3) is 4.02. The molecule has 1 saturated carbocycles. The molecule has 0 radical (unpaired) electrons. The van der Waals surface area contributed by atoms with Gasteiger partial charge in [-0.15, -0.1) is 0 Å². The molecule has 7 nitrogen and oxygen atoms in total. The van der Waals surface area contributed by atoms with Crippen molar-refractivity contribution in [2.45, 2.75) is 51.6 Å². The smallest absolute Gasteiger partial charge is 0.251 e. The number of carbonyl (C=O) groups is 1. The number of nitrogens with one attached hydrogen (secondary N) is 1. The maximum absolute atomic E-state index is 13.0. The summed E-state index contributed by atoms with van der Waals surface area (Å²) >= 11 is 0. The second kappa shape index (κ2) is 8.57. The van der Waals surface area contributed by atoms with Crippen molar-refractivity contribution in [3.05, 3.63) is 76.9 Å². The van der Waals surface area contributed by atoms with Crippen LogP contribution in [-0.4, -0.2) is 38.7 Å². The van der Waals surface area contributed by atoms with E-state index in [-0.39, 0.29) is 24.5 Å². The molecule has 1 N–H and O–H groups in total. The van der Waals surface area contributed by atoms with Crippen LogP contribution in [0.4, 0.5) is 5.95 Å². The van der Waals surface area contributed by atoms with Gasteiger partial charge in [-0.05, 0) is 54.3 Å². The summed E-state index contributed by atoms with van der Waals surface area (Å²) in [6.07, 6.45) is 6.63. The Hall–Kier alpha value is -3.48. The van der Waals surface area contributed by atoms with E-state index in [9.17, 15) is 4.79 Å². The summed E-state index contributed by atoms with van der Waals surface area (Å²) in [5.74, 6) is 0.577. The molecule has 0 spiro atoms. The van der Waals surface area contributed by atoms with Crippen molar-refractivity contribution in [2.24, 2.45) is 0 Å². The molecule has 5 rings (SSSR count). The van der Waals surface area contributed by atoms with E-state index in [1.54, 1.807) is 4.68 Å². The molecule has 1 fully saturated rings. The van der Waals surface area contributed by atoms with Crippen LogP contribution in [0.2, 0.25) is 0 Å². The Morgan fingerprint density at radius 1 is 1.00 bits per heavy atom. The van der Waals surface area contributed by atoms with Gasteiger partial charge in [0.25, 0.3) is 5.95 Å². The van der Waals surface area contributed by atoms with Gasteiger partial charge < -0.3 is 5.32 Å². The fourth-order valence-electron chi connectivity index (χ4n) is 4.58. The monoisotopic (exact) mass is 428 g/mol. The molecular weight excluding hydrogens is 400 g/mol. The third-order valence-electron chi connectivity index (χ3n) is 6.38. The molecule has 1 aliphatic carbocycles. The number of hydrogen-bond acceptors (Lipinski definition) is 5. The number of hydrogen-bond donors (Lipinski definition) is 1. The van der Waals surface area contributed by atoms with Crippen molar-refractivity contribution >= 4 is 17.6 Å². The third-order valence-corrected chi connectivity index (χ3v) is 6.38. The zero-order valence-corrected chi connectivity index (χ0v) is 18.5. The summed E-state index contributed by atoms with van der Waals surface area (Å²) in [6, 6.07) is 16.9. The summed E-state index contributed by atoms with van der Waals surface area (Å²) in [5.41, 5.74) is 5.48. The molecular formula is C25H28N6O. The number of fused-ring (bicyclic) bond motifs is 1. The van der Waals surface area contributed by atoms with Crippen LogP contribution in [0.1, 0.15) is 54.0 Å². The average Bonchev–Trinajstić information content (AvgIpc) is 3.48. The van der Waals surface area contributed by atoms with E-state index in [0.717, 1.165) is 29.7 Å². The zero-order valence-electron chi connectivity index (χ0n) is 18.5. The van der Waals surface area contributed by atoms with E-state index in [1.165, 1.54) is 24.0 Å². The molecule has 0 saturated heterocycles. The second-order valence-electron chi connectivity index (χ2n) is 8.83. The topological polar surface area (TPSA) is 75.9 Å². The molecule has 1 amide bonds. The average molecular weight is 429 g/mol. The lowest BCUT2D eigenvalue weighted by Gasteiger charge is -2.32. The van der Waals surface area contributed by atoms with E-state index in [4.69, 9.17) is 0 Å². The number of allylic oxidation sites excluding steroid dienone is 1. The zero-order chi connectivity index (χ0) is 22.1. The van der Waals surface area contributed by atoms with Crippen LogP contribution >= 0.6 is 0 Å². The highest BCUT2D eigenvalue weighted by Crippen LogP contribution is 2.36. The number of aryl methyl sites for hydroxylation is 2. The molecule has 1 aliphatic heterocycles. The van der Waals surface area contributed by atoms with Crippen LogP contribution in [0.5, 0.6) is 0 Å². The molecule has 164 valence electrons. The minimum Gasteiger partial charge on any atom is -0.352 e. The molecule has 7 heteroatoms. The van der Waals surface area contributed by atoms with E-state index >= 15 is 0 Å². The number of aromatic nitrogens is 4. The van der Waals surface area contributed by atoms with Gasteiger partial charge in [0, 0.05) is 6.04 Å². The summed E-state index contributed by atoms with van der Waals surface area (Å²) in [6.45, 7) is 4.32. The number of benzene rings is 2. The second-order valence-corrected chi connectivity index (χ2v) is 8.83. The fourth-order valence-corrected chi connectivity index (χ4v) is 4.58. The van der Waals surface area contributed by atoms with Crippen LogP contribution in [0.15, 0.2) is 54.6 Å². The SMILES string of the molecule is Cc1ccc(C2=C[C@H](c3ccc(C)cc3)n3nnnc3N2CC(=O)NC2CCCC2)cc1. The summed E-state index contributed by atoms with van der Waals surface area (Å²) in [5, 5.41) is 15.7. The highest BCUT2D eigenvalue weighted by atomic mass is 16.2. The van der Waals surface area contributed by atoms with Crippen molar-refractivity contribution < 1.29 is 4.79 Å². The molecule has 32 heavy (non-hydrogen) atoms. The van der Waals surface area contributed by atoms with Crippen LogP contribution in [0, 0.1) is 13.8 Å². The van der Waals surface area contributed by atoms with E-state index in [2.05, 4.69) is 89.3 Å². The van der Waals surface area contributed by atoms with Crippen LogP contribution in [0.3, 0.4) is 0 Å². The number of anilines is 1. The first-order valence-corrected chi connectivity index (χ1v) is 11.3. The van der Waals surface area contributed by atoms with Gasteiger partial charge in [0.05, 0.1) is 5.70 Å². The summed E-state index contributed by atoms with van der Waals surface area (Å²) < 4.78 is 1.80. The predicted octanol–water partition coefficient (Wildman–Crippen LogP) is 3.80. The molecule has 2 aliphatic rings. The highest BCUT2D eigenvalue weighted by molar-refractivity contribution is 5.89. The lowest BCUT2D eigenvalue weighted by Crippen LogP contribution is -2.43. The normalized spacial score (nSPS) is 18.4. The van der Waals surface area contributed by atoms with Gasteiger partial charge >= 0.3 is 0 Å². The number of rotatable bonds is 5. The maximum Gasteiger partial charge on any atom is 0.251 e. The highest BCUT2D eigenvalue weighted by Gasteiger charge is 2.32. The van der Waals surface area contributed by atoms with E-state index in [0.29, 0.717) is 5.95 Å². The maximum atomic E-state index is 13.0. The van der Waals surface area contributed by atoms with Gasteiger partial charge in [0.15, 0.2) is 0 Å². The Balaban J connectivity index is 1.53. The van der Waals surface area contributed by atoms with Gasteiger partial charge in [-0.2, -0.15) is 4.68 Å². The fraction of sp³-hybridized carbons (Fsp3) is 0.360. The van der Waals surface area contributed by atoms with Crippen LogP contribution in [-0.2, 0) is 4.79 Å². The number of amides is 1. The molecule has 1 atom stereocenters. The standard InChI is InChI=1S/C25H28N6O/c1-17-7-11-19(12-8-17)22-15-23(20-13-9-18(2)10-14-20)31-25(27-28-29-31)30(22)16-24(32)26-21-5-3-4-6-21/h7-15,21,23H,3-6,16H2,1-2H3,(H,26,32)/t23-/m1/s1. The van der Waals surface area contributed by atoms with Gasteiger partial charge in [0.2, 0.25) is 5.91 Å². The lowest BCUT2D eigenvalue weighted by molar-refractivity contribution is -0.120. The number of carbonyl (C=O) groups excluding carboxylic acids is 1. The molecule has 2 heterocycles. The van der Waals surface area contributed by atoms with Crippen LogP contribution < -0.4 is 10.2 Å². The van der Waals surface area contributed by atoms with Gasteiger partial charge in [-0.25, -0.2) is 0 Å². The Bertz CT molecular complexity index is 1130. The van der Waals surface area contributed by atoms with Crippen molar-refractivity contribution in [3.63, 3.8) is 0 Å². The quantitative estimate of drug-likeness (QED) is 0.669. The molecule has 1 aromatic heterocycles. The summed E-state index contributed by atoms with van der Waals surface area (Å²) in [4.78, 5) is 14.9. The van der Waals surface area contributed by atoms with Gasteiger partial charge in [0.1, 0.15) is 12.6 Å². The van der Waals surface area contributed by atoms with Crippen LogP contribution in [0.25, 0.3) is 5.70 Å². The Kier molecular flexibility index (Phi) is 5.47. The predicted molar refractivity (Wildman–Crippen MR) is 124 cm³/mol. The number of nitrogens with zero attached hydrogens (tertiary/aromatic N) is 5. The molecule has 3 aromatic rings. The first-order valence-electron chi connectivity index (χ1n) is 11.3. The molecule has 2 aromatic carbocycles. The van der Waals surface area contributed by atoms with Gasteiger partial charge in [-0.3, -0.25) is 9.69 Å². The van der Waals surface area contributed by atoms with Crippen molar-refractivity contribution in [2.75, 3.05) is 11.4 Å². The van der Waals surface area contributed by atoms with Crippen molar-refractivity contribution in [1.82, 2.24) is 25.5 Å². The largest absolute Gasteiger partial charge is 0.352 e. The van der Waals surface area contributed by atoms with Crippen molar-refractivity contribution in [3.8, 4) is 0 Å². The first-order chi connectivity index (χ1) is 15.6. The molecule has 0 unspecified atom stereocenters. The van der Waals surface area contributed by atoms with Crippen molar-refractivity contribution in [1.29, 1.82) is 0 Å². The number of tetrazole rings is 1. The minimum atomic E-state index is -0.147. The summed E-state index contributed by atoms with van der Waals surface area (Å²) in [7, 11) is 0. The Morgan fingerprint density at radius 2 is 1.66 bits per heavy atom. The Morgan fingerprint density at radius 3 is 2.34 bits per heavy atom.